The molecule has 0 aliphatic carbocycles. The molecule has 2 unspecified atom stereocenters. The van der Waals surface area contributed by atoms with Gasteiger partial charge in [-0.1, -0.05) is 17.7 Å². The molecule has 2 amide bonds. The van der Waals surface area contributed by atoms with Gasteiger partial charge in [0.15, 0.2) is 11.5 Å². The van der Waals surface area contributed by atoms with Gasteiger partial charge in [0, 0.05) is 43.3 Å². The molecule has 2 aromatic rings. The van der Waals surface area contributed by atoms with Crippen LogP contribution in [-0.4, -0.2) is 70.3 Å². The third-order valence-electron chi connectivity index (χ3n) is 6.38. The van der Waals surface area contributed by atoms with Gasteiger partial charge >= 0.3 is 0 Å². The zero-order valence-corrected chi connectivity index (χ0v) is 20.2. The van der Waals surface area contributed by atoms with Crippen molar-refractivity contribution in [1.29, 1.82) is 0 Å². The van der Waals surface area contributed by atoms with Crippen molar-refractivity contribution in [2.24, 2.45) is 5.92 Å². The third kappa shape index (κ3) is 5.46. The fourth-order valence-electron chi connectivity index (χ4n) is 4.50. The molecule has 0 aromatic heterocycles. The van der Waals surface area contributed by atoms with Crippen molar-refractivity contribution in [2.75, 3.05) is 58.5 Å². The second kappa shape index (κ2) is 11.1. The molecule has 8 nitrogen and oxygen atoms in total. The maximum Gasteiger partial charge on any atom is 0.227 e. The predicted molar refractivity (Wildman–Crippen MR) is 130 cm³/mol. The van der Waals surface area contributed by atoms with E-state index in [4.69, 9.17) is 25.8 Å². The summed E-state index contributed by atoms with van der Waals surface area (Å²) in [6.45, 7) is 3.59. The summed E-state index contributed by atoms with van der Waals surface area (Å²) in [7, 11) is 3.21. The molecule has 0 radical (unpaired) electrons. The summed E-state index contributed by atoms with van der Waals surface area (Å²) in [5, 5.41) is 3.70. The van der Waals surface area contributed by atoms with Crippen molar-refractivity contribution in [1.82, 2.24) is 10.2 Å². The number of amides is 2. The summed E-state index contributed by atoms with van der Waals surface area (Å²) in [5.74, 6) is 0.710. The van der Waals surface area contributed by atoms with E-state index >= 15 is 0 Å². The Bertz CT molecular complexity index is 1010. The molecule has 2 aliphatic rings. The Kier molecular flexibility index (Phi) is 7.92. The lowest BCUT2D eigenvalue weighted by Gasteiger charge is -2.35. The zero-order chi connectivity index (χ0) is 24.1. The van der Waals surface area contributed by atoms with E-state index in [2.05, 4.69) is 10.2 Å². The monoisotopic (exact) mass is 487 g/mol. The Morgan fingerprint density at radius 3 is 2.50 bits per heavy atom. The summed E-state index contributed by atoms with van der Waals surface area (Å²) in [5.41, 5.74) is 1.77. The fraction of sp³-hybridized carbons (Fsp3) is 0.440. The summed E-state index contributed by atoms with van der Waals surface area (Å²) >= 11 is 5.96. The lowest BCUT2D eigenvalue weighted by Crippen LogP contribution is -2.45. The number of anilines is 1. The molecule has 2 aromatic carbocycles. The van der Waals surface area contributed by atoms with Crippen LogP contribution in [0.15, 0.2) is 42.5 Å². The highest BCUT2D eigenvalue weighted by molar-refractivity contribution is 6.30. The Morgan fingerprint density at radius 1 is 1.12 bits per heavy atom. The summed E-state index contributed by atoms with van der Waals surface area (Å²) in [6, 6.07) is 12.8. The van der Waals surface area contributed by atoms with Crippen molar-refractivity contribution < 1.29 is 23.8 Å². The van der Waals surface area contributed by atoms with E-state index in [9.17, 15) is 9.59 Å². The van der Waals surface area contributed by atoms with Gasteiger partial charge in [-0.25, -0.2) is 0 Å². The minimum absolute atomic E-state index is 0.0582. The van der Waals surface area contributed by atoms with Gasteiger partial charge in [0.1, 0.15) is 0 Å². The Balaban J connectivity index is 1.45. The number of hydrogen-bond donors (Lipinski definition) is 1. The van der Waals surface area contributed by atoms with E-state index in [1.165, 1.54) is 0 Å². The lowest BCUT2D eigenvalue weighted by molar-refractivity contribution is -0.126. The number of methoxy groups -OCH3 is 2. The average molecular weight is 488 g/mol. The molecule has 2 atom stereocenters. The smallest absolute Gasteiger partial charge is 0.227 e. The molecular formula is C25H30ClN3O5. The quantitative estimate of drug-likeness (QED) is 0.616. The number of ether oxygens (including phenoxy) is 3. The first kappa shape index (κ1) is 24.3. The van der Waals surface area contributed by atoms with Gasteiger partial charge in [0.05, 0.1) is 39.4 Å². The van der Waals surface area contributed by atoms with Gasteiger partial charge < -0.3 is 24.4 Å². The highest BCUT2D eigenvalue weighted by Crippen LogP contribution is 2.32. The molecule has 2 aliphatic heterocycles. The molecule has 0 saturated carbocycles. The van der Waals surface area contributed by atoms with Crippen molar-refractivity contribution in [3.63, 3.8) is 0 Å². The average Bonchev–Trinajstić information content (AvgIpc) is 3.26. The number of carbonyl (C=O) groups excluding carboxylic acids is 2. The second-order valence-electron chi connectivity index (χ2n) is 8.41. The first-order valence-corrected chi connectivity index (χ1v) is 11.7. The normalized spacial score (nSPS) is 19.7. The number of morpholine rings is 1. The third-order valence-corrected chi connectivity index (χ3v) is 6.63. The minimum Gasteiger partial charge on any atom is -0.493 e. The van der Waals surface area contributed by atoms with Crippen molar-refractivity contribution >= 4 is 29.1 Å². The van der Waals surface area contributed by atoms with Gasteiger partial charge in [0.2, 0.25) is 11.8 Å². The van der Waals surface area contributed by atoms with Gasteiger partial charge in [-0.15, -0.1) is 0 Å². The van der Waals surface area contributed by atoms with Gasteiger partial charge in [-0.2, -0.15) is 0 Å². The number of halogens is 1. The summed E-state index contributed by atoms with van der Waals surface area (Å²) in [4.78, 5) is 29.6. The van der Waals surface area contributed by atoms with Crippen LogP contribution >= 0.6 is 11.6 Å². The van der Waals surface area contributed by atoms with Crippen molar-refractivity contribution in [3.8, 4) is 11.5 Å². The van der Waals surface area contributed by atoms with Crippen LogP contribution in [0.1, 0.15) is 18.0 Å². The molecule has 2 fully saturated rings. The lowest BCUT2D eigenvalue weighted by atomic mass is 10.0. The van der Waals surface area contributed by atoms with E-state index in [0.29, 0.717) is 42.8 Å². The Morgan fingerprint density at radius 2 is 1.82 bits per heavy atom. The first-order valence-electron chi connectivity index (χ1n) is 11.4. The molecule has 2 saturated heterocycles. The van der Waals surface area contributed by atoms with Crippen LogP contribution in [0.2, 0.25) is 5.02 Å². The second-order valence-corrected chi connectivity index (χ2v) is 8.84. The number of benzene rings is 2. The molecule has 2 heterocycles. The van der Waals surface area contributed by atoms with Crippen LogP contribution in [0, 0.1) is 5.92 Å². The molecule has 0 spiro atoms. The molecule has 0 bridgehead atoms. The highest BCUT2D eigenvalue weighted by atomic mass is 35.5. The molecule has 1 N–H and O–H groups in total. The van der Waals surface area contributed by atoms with Crippen molar-refractivity contribution in [2.45, 2.75) is 12.5 Å². The SMILES string of the molecule is COc1ccc(C(CNC(=O)C2CC(=O)N(c3ccc(Cl)cc3)C2)N2CCOCC2)cc1OC. The number of nitrogens with zero attached hydrogens (tertiary/aromatic N) is 2. The molecule has 34 heavy (non-hydrogen) atoms. The van der Waals surface area contributed by atoms with Crippen molar-refractivity contribution in [3.05, 3.63) is 53.1 Å². The van der Waals surface area contributed by atoms with E-state index in [1.807, 2.05) is 18.2 Å². The van der Waals surface area contributed by atoms with E-state index in [0.717, 1.165) is 24.3 Å². The largest absolute Gasteiger partial charge is 0.493 e. The van der Waals surface area contributed by atoms with Crippen LogP contribution in [0.5, 0.6) is 11.5 Å². The van der Waals surface area contributed by atoms with Crippen LogP contribution in [0.4, 0.5) is 5.69 Å². The summed E-state index contributed by atoms with van der Waals surface area (Å²) < 4.78 is 16.4. The molecule has 9 heteroatoms. The topological polar surface area (TPSA) is 80.3 Å². The standard InChI is InChI=1S/C25H30ClN3O5/c1-32-22-8-3-17(13-23(22)33-2)21(28-9-11-34-12-10-28)15-27-25(31)18-14-24(30)29(16-18)20-6-4-19(26)5-7-20/h3-8,13,18,21H,9-12,14-16H2,1-2H3,(H,27,31). The highest BCUT2D eigenvalue weighted by Gasteiger charge is 2.35. The van der Waals surface area contributed by atoms with Gasteiger partial charge in [-0.3, -0.25) is 14.5 Å². The maximum atomic E-state index is 13.1. The van der Waals surface area contributed by atoms with Gasteiger partial charge in [0.25, 0.3) is 0 Å². The van der Waals surface area contributed by atoms with Crippen LogP contribution in [0.25, 0.3) is 0 Å². The fourth-order valence-corrected chi connectivity index (χ4v) is 4.63. The van der Waals surface area contributed by atoms with Crippen LogP contribution < -0.4 is 19.7 Å². The zero-order valence-electron chi connectivity index (χ0n) is 19.5. The predicted octanol–water partition coefficient (Wildman–Crippen LogP) is 2.90. The number of rotatable bonds is 8. The first-order chi connectivity index (χ1) is 16.5. The van der Waals surface area contributed by atoms with Gasteiger partial charge in [-0.05, 0) is 42.0 Å². The van der Waals surface area contributed by atoms with E-state index < -0.39 is 5.92 Å². The molecule has 182 valence electrons. The molecule has 4 rings (SSSR count). The number of carbonyl (C=O) groups is 2. The Labute approximate surface area is 204 Å². The minimum atomic E-state index is -0.404. The maximum absolute atomic E-state index is 13.1. The number of nitrogens with one attached hydrogen (secondary N) is 1. The van der Waals surface area contributed by atoms with Crippen LogP contribution in [-0.2, 0) is 14.3 Å². The summed E-state index contributed by atoms with van der Waals surface area (Å²) in [6.07, 6.45) is 0.188. The number of hydrogen-bond acceptors (Lipinski definition) is 6. The Hall–Kier alpha value is -2.81. The van der Waals surface area contributed by atoms with Crippen LogP contribution in [0.3, 0.4) is 0 Å². The van der Waals surface area contributed by atoms with E-state index in [-0.39, 0.29) is 24.3 Å². The van der Waals surface area contributed by atoms with E-state index in [1.54, 1.807) is 43.4 Å². The molecular weight excluding hydrogens is 458 g/mol.